The first-order valence-corrected chi connectivity index (χ1v) is 10.7. The zero-order chi connectivity index (χ0) is 21.4. The van der Waals surface area contributed by atoms with Crippen molar-refractivity contribution in [3.63, 3.8) is 0 Å². The molecule has 2 aromatic rings. The molecule has 2 rings (SSSR count). The molecule has 0 heterocycles. The highest BCUT2D eigenvalue weighted by Gasteiger charge is 2.23. The van der Waals surface area contributed by atoms with E-state index in [9.17, 15) is 13.2 Å². The minimum Gasteiger partial charge on any atom is -0.497 e. The second-order valence-corrected chi connectivity index (χ2v) is 8.02. The van der Waals surface area contributed by atoms with Crippen LogP contribution in [0.2, 0.25) is 0 Å². The molecule has 2 N–H and O–H groups in total. The van der Waals surface area contributed by atoms with Gasteiger partial charge in [0.15, 0.2) is 0 Å². The van der Waals surface area contributed by atoms with Crippen LogP contribution in [0.5, 0.6) is 11.5 Å². The number of sulfonamides is 1. The van der Waals surface area contributed by atoms with E-state index in [2.05, 4.69) is 10.6 Å². The van der Waals surface area contributed by atoms with E-state index in [1.54, 1.807) is 45.2 Å². The average Bonchev–Trinajstić information content (AvgIpc) is 2.73. The third kappa shape index (κ3) is 5.61. The molecule has 9 heteroatoms. The summed E-state index contributed by atoms with van der Waals surface area (Å²) in [7, 11) is -0.609. The van der Waals surface area contributed by atoms with Crippen molar-refractivity contribution >= 4 is 27.3 Å². The lowest BCUT2D eigenvalue weighted by Gasteiger charge is -2.19. The van der Waals surface area contributed by atoms with Gasteiger partial charge in [0.1, 0.15) is 11.5 Å². The van der Waals surface area contributed by atoms with E-state index in [1.165, 1.54) is 29.6 Å². The summed E-state index contributed by atoms with van der Waals surface area (Å²) in [5, 5.41) is 5.71. The highest BCUT2D eigenvalue weighted by atomic mass is 32.2. The summed E-state index contributed by atoms with van der Waals surface area (Å²) in [6.07, 6.45) is 0. The highest BCUT2D eigenvalue weighted by Crippen LogP contribution is 2.29. The van der Waals surface area contributed by atoms with Gasteiger partial charge in [-0.2, -0.15) is 4.31 Å². The first-order valence-electron chi connectivity index (χ1n) is 9.21. The zero-order valence-corrected chi connectivity index (χ0v) is 17.9. The minimum absolute atomic E-state index is 0.00249. The summed E-state index contributed by atoms with van der Waals surface area (Å²) >= 11 is 0. The zero-order valence-electron chi connectivity index (χ0n) is 17.1. The molecule has 0 bridgehead atoms. The maximum absolute atomic E-state index is 12.7. The third-order valence-electron chi connectivity index (χ3n) is 4.33. The van der Waals surface area contributed by atoms with E-state index in [-0.39, 0.29) is 17.3 Å². The van der Waals surface area contributed by atoms with Crippen molar-refractivity contribution in [3.05, 3.63) is 42.5 Å². The predicted octanol–water partition coefficient (Wildman–Crippen LogP) is 2.78. The third-order valence-corrected chi connectivity index (χ3v) is 6.38. The number of nitrogens with one attached hydrogen (secondary N) is 2. The molecule has 2 aromatic carbocycles. The number of amides is 1. The molecule has 0 aliphatic carbocycles. The number of carbonyl (C=O) groups excluding carboxylic acids is 1. The smallest absolute Gasteiger partial charge is 0.243 e. The van der Waals surface area contributed by atoms with Crippen molar-refractivity contribution in [2.45, 2.75) is 18.7 Å². The maximum Gasteiger partial charge on any atom is 0.243 e. The number of rotatable bonds is 10. The molecule has 0 unspecified atom stereocenters. The largest absolute Gasteiger partial charge is 0.497 e. The summed E-state index contributed by atoms with van der Waals surface area (Å²) < 4.78 is 37.2. The van der Waals surface area contributed by atoms with E-state index in [4.69, 9.17) is 9.47 Å². The van der Waals surface area contributed by atoms with Gasteiger partial charge in [0.05, 0.1) is 31.3 Å². The number of methoxy groups -OCH3 is 2. The van der Waals surface area contributed by atoms with E-state index < -0.39 is 10.0 Å². The van der Waals surface area contributed by atoms with Crippen LogP contribution in [-0.2, 0) is 14.8 Å². The molecule has 8 nitrogen and oxygen atoms in total. The molecule has 0 aliphatic heterocycles. The van der Waals surface area contributed by atoms with Crippen molar-refractivity contribution in [3.8, 4) is 11.5 Å². The quantitative estimate of drug-likeness (QED) is 0.612. The Labute approximate surface area is 171 Å². The molecule has 0 saturated carbocycles. The van der Waals surface area contributed by atoms with Crippen molar-refractivity contribution in [1.29, 1.82) is 0 Å². The van der Waals surface area contributed by atoms with E-state index >= 15 is 0 Å². The van der Waals surface area contributed by atoms with E-state index in [0.717, 1.165) is 11.4 Å². The molecule has 0 aliphatic rings. The molecule has 0 aromatic heterocycles. The summed E-state index contributed by atoms with van der Waals surface area (Å²) in [5.74, 6) is 0.758. The predicted molar refractivity (Wildman–Crippen MR) is 113 cm³/mol. The average molecular weight is 422 g/mol. The molecule has 0 radical (unpaired) electrons. The van der Waals surface area contributed by atoms with Crippen LogP contribution in [0.4, 0.5) is 11.4 Å². The lowest BCUT2D eigenvalue weighted by atomic mass is 10.3. The van der Waals surface area contributed by atoms with Crippen LogP contribution in [0.3, 0.4) is 0 Å². The van der Waals surface area contributed by atoms with Gasteiger partial charge in [-0.25, -0.2) is 8.42 Å². The Morgan fingerprint density at radius 3 is 2.21 bits per heavy atom. The Kier molecular flexibility index (Phi) is 7.86. The number of ether oxygens (including phenoxy) is 2. The summed E-state index contributed by atoms with van der Waals surface area (Å²) in [6, 6.07) is 11.6. The molecular weight excluding hydrogens is 394 g/mol. The molecule has 0 fully saturated rings. The summed E-state index contributed by atoms with van der Waals surface area (Å²) in [5.41, 5.74) is 1.05. The van der Waals surface area contributed by atoms with Crippen LogP contribution >= 0.6 is 0 Å². The Morgan fingerprint density at radius 2 is 1.66 bits per heavy atom. The number of carbonyl (C=O) groups is 1. The first kappa shape index (κ1) is 22.5. The second-order valence-electron chi connectivity index (χ2n) is 6.08. The summed E-state index contributed by atoms with van der Waals surface area (Å²) in [6.45, 7) is 4.27. The van der Waals surface area contributed by atoms with Crippen LogP contribution in [0.15, 0.2) is 47.4 Å². The Hall–Kier alpha value is -2.78. The maximum atomic E-state index is 12.7. The van der Waals surface area contributed by atoms with Gasteiger partial charge >= 0.3 is 0 Å². The number of anilines is 2. The van der Waals surface area contributed by atoms with Crippen molar-refractivity contribution in [2.75, 3.05) is 44.5 Å². The highest BCUT2D eigenvalue weighted by molar-refractivity contribution is 7.89. The van der Waals surface area contributed by atoms with Gasteiger partial charge in [0, 0.05) is 18.8 Å². The normalized spacial score (nSPS) is 11.2. The second kappa shape index (κ2) is 10.1. The van der Waals surface area contributed by atoms with E-state index in [1.807, 2.05) is 0 Å². The number of nitrogens with zero attached hydrogens (tertiary/aromatic N) is 1. The molecule has 29 heavy (non-hydrogen) atoms. The minimum atomic E-state index is -3.65. The summed E-state index contributed by atoms with van der Waals surface area (Å²) in [4.78, 5) is 12.5. The van der Waals surface area contributed by atoms with Gasteiger partial charge in [-0.1, -0.05) is 13.8 Å². The fourth-order valence-corrected chi connectivity index (χ4v) is 4.23. The molecule has 0 atom stereocenters. The Balaban J connectivity index is 2.14. The van der Waals surface area contributed by atoms with Crippen LogP contribution in [0.25, 0.3) is 0 Å². The van der Waals surface area contributed by atoms with Crippen LogP contribution in [0, 0.1) is 0 Å². The SMILES string of the molecule is CCN(CC)S(=O)(=O)c1ccc(OC)c(NC(=O)CNc2ccc(OC)cc2)c1. The molecule has 0 saturated heterocycles. The lowest BCUT2D eigenvalue weighted by Crippen LogP contribution is -2.30. The van der Waals surface area contributed by atoms with Gasteiger partial charge in [-0.05, 0) is 42.5 Å². The van der Waals surface area contributed by atoms with Gasteiger partial charge in [-0.3, -0.25) is 4.79 Å². The van der Waals surface area contributed by atoms with Crippen LogP contribution < -0.4 is 20.1 Å². The topological polar surface area (TPSA) is 97.0 Å². The number of hydrogen-bond donors (Lipinski definition) is 2. The molecule has 158 valence electrons. The van der Waals surface area contributed by atoms with Gasteiger partial charge in [0.2, 0.25) is 15.9 Å². The Bertz CT molecular complexity index is 926. The van der Waals surface area contributed by atoms with Crippen molar-refractivity contribution in [2.24, 2.45) is 0 Å². The van der Waals surface area contributed by atoms with Crippen LogP contribution in [-0.4, -0.2) is 52.5 Å². The van der Waals surface area contributed by atoms with Gasteiger partial charge in [-0.15, -0.1) is 0 Å². The van der Waals surface area contributed by atoms with Crippen LogP contribution in [0.1, 0.15) is 13.8 Å². The van der Waals surface area contributed by atoms with E-state index in [0.29, 0.717) is 24.5 Å². The number of benzene rings is 2. The van der Waals surface area contributed by atoms with Gasteiger partial charge < -0.3 is 20.1 Å². The number of hydrogen-bond acceptors (Lipinski definition) is 6. The van der Waals surface area contributed by atoms with Gasteiger partial charge in [0.25, 0.3) is 0 Å². The first-order chi connectivity index (χ1) is 13.8. The lowest BCUT2D eigenvalue weighted by molar-refractivity contribution is -0.114. The standard InChI is InChI=1S/C20H27N3O5S/c1-5-23(6-2)29(25,26)17-11-12-19(28-4)18(13-17)22-20(24)14-21-15-7-9-16(27-3)10-8-15/h7-13,21H,5-6,14H2,1-4H3,(H,22,24). The Morgan fingerprint density at radius 1 is 1.00 bits per heavy atom. The molecule has 0 spiro atoms. The fraction of sp³-hybridized carbons (Fsp3) is 0.350. The monoisotopic (exact) mass is 421 g/mol. The van der Waals surface area contributed by atoms with Crippen molar-refractivity contribution < 1.29 is 22.7 Å². The fourth-order valence-electron chi connectivity index (χ4n) is 2.74. The molecule has 1 amide bonds. The van der Waals surface area contributed by atoms with Crippen molar-refractivity contribution in [1.82, 2.24) is 4.31 Å². The molecular formula is C20H27N3O5S.